The smallest absolute Gasteiger partial charge is 0.156 e. The van der Waals surface area contributed by atoms with Gasteiger partial charge in [0.25, 0.3) is 0 Å². The van der Waals surface area contributed by atoms with Gasteiger partial charge >= 0.3 is 0 Å². The van der Waals surface area contributed by atoms with Gasteiger partial charge in [-0.2, -0.15) is 5.10 Å². The van der Waals surface area contributed by atoms with Crippen LogP contribution in [-0.4, -0.2) is 29.0 Å². The quantitative estimate of drug-likeness (QED) is 0.566. The van der Waals surface area contributed by atoms with Crippen molar-refractivity contribution < 1.29 is 0 Å². The maximum absolute atomic E-state index is 4.26. The molecule has 1 N–H and O–H groups in total. The van der Waals surface area contributed by atoms with Gasteiger partial charge in [-0.3, -0.25) is 9.67 Å². The van der Waals surface area contributed by atoms with E-state index in [1.54, 1.807) is 23.5 Å². The molecule has 1 aromatic heterocycles. The molecule has 72 valence electrons. The van der Waals surface area contributed by atoms with Gasteiger partial charge in [-0.1, -0.05) is 11.8 Å². The highest BCUT2D eigenvalue weighted by atomic mass is 32.2. The lowest BCUT2D eigenvalue weighted by Gasteiger charge is -2.01. The number of amidine groups is 1. The number of hydrogen-bond donors (Lipinski definition) is 1. The minimum Gasteiger partial charge on any atom is -0.368 e. The van der Waals surface area contributed by atoms with Crippen LogP contribution < -0.4 is 5.32 Å². The van der Waals surface area contributed by atoms with Crippen molar-refractivity contribution in [3.8, 4) is 0 Å². The zero-order valence-electron chi connectivity index (χ0n) is 8.11. The van der Waals surface area contributed by atoms with E-state index in [2.05, 4.69) is 15.4 Å². The standard InChI is InChI=1S/C8H14N4S/c1-9-8(10-2)13-6-7-4-5-12(3)11-7/h4-5H,6H2,1-3H3,(H,9,10). The molecule has 0 saturated carbocycles. The summed E-state index contributed by atoms with van der Waals surface area (Å²) in [6.07, 6.45) is 1.94. The fourth-order valence-corrected chi connectivity index (χ4v) is 1.64. The van der Waals surface area contributed by atoms with Gasteiger partial charge in [0.2, 0.25) is 0 Å². The monoisotopic (exact) mass is 198 g/mol. The Hall–Kier alpha value is -0.970. The molecule has 0 aromatic carbocycles. The van der Waals surface area contributed by atoms with Gasteiger partial charge in [0.05, 0.1) is 5.69 Å². The van der Waals surface area contributed by atoms with E-state index in [0.717, 1.165) is 16.6 Å². The zero-order valence-corrected chi connectivity index (χ0v) is 8.93. The van der Waals surface area contributed by atoms with Gasteiger partial charge in [-0.25, -0.2) is 0 Å². The molecule has 1 heterocycles. The molecule has 0 atom stereocenters. The molecule has 0 radical (unpaired) electrons. The minimum atomic E-state index is 0.856. The van der Waals surface area contributed by atoms with E-state index in [0.29, 0.717) is 0 Å². The van der Waals surface area contributed by atoms with Gasteiger partial charge < -0.3 is 5.32 Å². The SMILES string of the molecule is CN=C(NC)SCc1ccn(C)n1. The summed E-state index contributed by atoms with van der Waals surface area (Å²) in [6, 6.07) is 2.01. The highest BCUT2D eigenvalue weighted by Crippen LogP contribution is 2.09. The van der Waals surface area contributed by atoms with Crippen LogP contribution in [0.5, 0.6) is 0 Å². The number of thioether (sulfide) groups is 1. The Kier molecular flexibility index (Phi) is 3.82. The van der Waals surface area contributed by atoms with E-state index in [-0.39, 0.29) is 0 Å². The molecular weight excluding hydrogens is 184 g/mol. The first-order valence-electron chi connectivity index (χ1n) is 4.02. The Morgan fingerprint density at radius 1 is 1.77 bits per heavy atom. The number of aliphatic imine (C=N–C) groups is 1. The van der Waals surface area contributed by atoms with E-state index in [4.69, 9.17) is 0 Å². The first-order chi connectivity index (χ1) is 6.26. The van der Waals surface area contributed by atoms with E-state index >= 15 is 0 Å². The molecule has 0 bridgehead atoms. The lowest BCUT2D eigenvalue weighted by Crippen LogP contribution is -2.14. The van der Waals surface area contributed by atoms with Crippen LogP contribution in [0.3, 0.4) is 0 Å². The summed E-state index contributed by atoms with van der Waals surface area (Å²) < 4.78 is 1.80. The van der Waals surface area contributed by atoms with Crippen molar-refractivity contribution in [2.45, 2.75) is 5.75 Å². The average molecular weight is 198 g/mol. The van der Waals surface area contributed by atoms with Crippen LogP contribution in [-0.2, 0) is 12.8 Å². The Balaban J connectivity index is 2.43. The highest BCUT2D eigenvalue weighted by Gasteiger charge is 1.99. The largest absolute Gasteiger partial charge is 0.368 e. The van der Waals surface area contributed by atoms with Crippen LogP contribution in [0.1, 0.15) is 5.69 Å². The summed E-state index contributed by atoms with van der Waals surface area (Å²) in [7, 11) is 5.56. The molecule has 0 aliphatic rings. The van der Waals surface area contributed by atoms with E-state index < -0.39 is 0 Å². The van der Waals surface area contributed by atoms with Crippen LogP contribution in [0.4, 0.5) is 0 Å². The molecule has 0 aliphatic carbocycles. The molecule has 1 aromatic rings. The number of nitrogens with one attached hydrogen (secondary N) is 1. The van der Waals surface area contributed by atoms with Crippen molar-refractivity contribution in [2.24, 2.45) is 12.0 Å². The third kappa shape index (κ3) is 3.10. The summed E-state index contributed by atoms with van der Waals surface area (Å²) in [5, 5.41) is 8.21. The molecule has 0 spiro atoms. The Morgan fingerprint density at radius 2 is 2.54 bits per heavy atom. The van der Waals surface area contributed by atoms with Gasteiger partial charge in [-0.15, -0.1) is 0 Å². The highest BCUT2D eigenvalue weighted by molar-refractivity contribution is 8.13. The Bertz CT molecular complexity index is 292. The summed E-state index contributed by atoms with van der Waals surface area (Å²) in [5.41, 5.74) is 1.07. The van der Waals surface area contributed by atoms with Crippen LogP contribution in [0.15, 0.2) is 17.3 Å². The van der Waals surface area contributed by atoms with E-state index in [9.17, 15) is 0 Å². The van der Waals surface area contributed by atoms with Crippen molar-refractivity contribution in [3.63, 3.8) is 0 Å². The van der Waals surface area contributed by atoms with Crippen LogP contribution in [0, 0.1) is 0 Å². The summed E-state index contributed by atoms with van der Waals surface area (Å²) in [5.74, 6) is 0.856. The second-order valence-corrected chi connectivity index (χ2v) is 3.51. The predicted octanol–water partition coefficient (Wildman–Crippen LogP) is 0.858. The van der Waals surface area contributed by atoms with Crippen LogP contribution >= 0.6 is 11.8 Å². The third-order valence-electron chi connectivity index (χ3n) is 1.54. The minimum absolute atomic E-state index is 0.856. The van der Waals surface area contributed by atoms with Crippen molar-refractivity contribution in [2.75, 3.05) is 14.1 Å². The van der Waals surface area contributed by atoms with Crippen molar-refractivity contribution in [3.05, 3.63) is 18.0 Å². The Morgan fingerprint density at radius 3 is 3.00 bits per heavy atom. The summed E-state index contributed by atoms with van der Waals surface area (Å²) in [6.45, 7) is 0. The molecule has 0 fully saturated rings. The van der Waals surface area contributed by atoms with Gasteiger partial charge in [0.15, 0.2) is 5.17 Å². The fourth-order valence-electron chi connectivity index (χ4n) is 0.931. The summed E-state index contributed by atoms with van der Waals surface area (Å²) >= 11 is 1.65. The predicted molar refractivity (Wildman–Crippen MR) is 56.9 cm³/mol. The van der Waals surface area contributed by atoms with Gasteiger partial charge in [0, 0.05) is 33.1 Å². The van der Waals surface area contributed by atoms with Crippen molar-refractivity contribution in [1.29, 1.82) is 0 Å². The van der Waals surface area contributed by atoms with E-state index in [1.165, 1.54) is 0 Å². The molecule has 0 aliphatic heterocycles. The Labute approximate surface area is 82.4 Å². The first-order valence-corrected chi connectivity index (χ1v) is 5.00. The first kappa shape index (κ1) is 10.1. The molecule has 0 saturated heterocycles. The number of aryl methyl sites for hydroxylation is 1. The number of nitrogens with zero attached hydrogens (tertiary/aromatic N) is 3. The molecule has 0 amide bonds. The molecule has 1 rings (SSSR count). The lowest BCUT2D eigenvalue weighted by atomic mass is 10.5. The molecule has 0 unspecified atom stereocenters. The summed E-state index contributed by atoms with van der Waals surface area (Å²) in [4.78, 5) is 4.06. The molecular formula is C8H14N4S. The fraction of sp³-hybridized carbons (Fsp3) is 0.500. The maximum Gasteiger partial charge on any atom is 0.156 e. The second-order valence-electron chi connectivity index (χ2n) is 2.55. The van der Waals surface area contributed by atoms with Gasteiger partial charge in [-0.05, 0) is 6.07 Å². The second kappa shape index (κ2) is 4.91. The molecule has 5 heteroatoms. The number of rotatable bonds is 2. The number of hydrogen-bond acceptors (Lipinski definition) is 3. The zero-order chi connectivity index (χ0) is 9.68. The normalized spacial score (nSPS) is 11.8. The van der Waals surface area contributed by atoms with Crippen molar-refractivity contribution in [1.82, 2.24) is 15.1 Å². The van der Waals surface area contributed by atoms with Crippen LogP contribution in [0.25, 0.3) is 0 Å². The molecule has 13 heavy (non-hydrogen) atoms. The maximum atomic E-state index is 4.26. The van der Waals surface area contributed by atoms with Crippen LogP contribution in [0.2, 0.25) is 0 Å². The number of aromatic nitrogens is 2. The molecule has 4 nitrogen and oxygen atoms in total. The average Bonchev–Trinajstić information content (AvgIpc) is 2.53. The third-order valence-corrected chi connectivity index (χ3v) is 2.64. The topological polar surface area (TPSA) is 42.2 Å². The van der Waals surface area contributed by atoms with Crippen molar-refractivity contribution >= 4 is 16.9 Å². The van der Waals surface area contributed by atoms with Gasteiger partial charge in [0.1, 0.15) is 0 Å². The van der Waals surface area contributed by atoms with E-state index in [1.807, 2.05) is 26.4 Å². The lowest BCUT2D eigenvalue weighted by molar-refractivity contribution is 0.755.